The predicted molar refractivity (Wildman–Crippen MR) is 129 cm³/mol. The van der Waals surface area contributed by atoms with Gasteiger partial charge in [0.25, 0.3) is 5.91 Å². The second-order valence-corrected chi connectivity index (χ2v) is 8.56. The van der Waals surface area contributed by atoms with Crippen molar-refractivity contribution in [3.63, 3.8) is 0 Å². The number of hydrogen-bond acceptors (Lipinski definition) is 5. The van der Waals surface area contributed by atoms with Crippen LogP contribution in [-0.2, 0) is 11.3 Å². The minimum Gasteiger partial charge on any atom is -0.467 e. The number of carbonyl (C=O) groups excluding carboxylic acids is 2. The smallest absolute Gasteiger partial charge is 0.251 e. The first-order chi connectivity index (χ1) is 16.0. The monoisotopic (exact) mass is 480 g/mol. The number of halogens is 1. The van der Waals surface area contributed by atoms with Crippen molar-refractivity contribution in [2.45, 2.75) is 18.6 Å². The van der Waals surface area contributed by atoms with Crippen LogP contribution in [0.25, 0.3) is 5.69 Å². The van der Waals surface area contributed by atoms with Gasteiger partial charge in [0.2, 0.25) is 5.91 Å². The Balaban J connectivity index is 1.35. The molecule has 0 bridgehead atoms. The van der Waals surface area contributed by atoms with E-state index in [1.165, 1.54) is 11.8 Å². The second-order valence-electron chi connectivity index (χ2n) is 7.21. The molecule has 0 saturated heterocycles. The number of imidazole rings is 1. The number of amides is 2. The van der Waals surface area contributed by atoms with Crippen molar-refractivity contribution in [3.8, 4) is 5.69 Å². The van der Waals surface area contributed by atoms with E-state index in [4.69, 9.17) is 16.0 Å². The van der Waals surface area contributed by atoms with Crippen molar-refractivity contribution >= 4 is 40.9 Å². The number of hydrogen-bond donors (Lipinski definition) is 2. The number of rotatable bonds is 8. The Kier molecular flexibility index (Phi) is 7.16. The van der Waals surface area contributed by atoms with Gasteiger partial charge in [-0.2, -0.15) is 0 Å². The van der Waals surface area contributed by atoms with Crippen LogP contribution < -0.4 is 10.6 Å². The molecule has 0 saturated carbocycles. The van der Waals surface area contributed by atoms with E-state index in [1.807, 2.05) is 35.9 Å². The van der Waals surface area contributed by atoms with E-state index in [-0.39, 0.29) is 17.6 Å². The molecule has 2 N–H and O–H groups in total. The predicted octanol–water partition coefficient (Wildman–Crippen LogP) is 5.09. The quantitative estimate of drug-likeness (QED) is 0.343. The van der Waals surface area contributed by atoms with Gasteiger partial charge in [0, 0.05) is 23.6 Å². The highest BCUT2D eigenvalue weighted by molar-refractivity contribution is 7.99. The summed E-state index contributed by atoms with van der Waals surface area (Å²) in [5, 5.41) is 6.80. The topological polar surface area (TPSA) is 89.2 Å². The number of carbonyl (C=O) groups is 2. The molecule has 2 heterocycles. The molecule has 0 fully saturated rings. The minimum atomic E-state index is -0.190. The first kappa shape index (κ1) is 22.7. The highest BCUT2D eigenvalue weighted by atomic mass is 35.5. The molecule has 168 valence electrons. The van der Waals surface area contributed by atoms with E-state index in [2.05, 4.69) is 15.6 Å². The number of furan rings is 1. The maximum atomic E-state index is 12.4. The lowest BCUT2D eigenvalue weighted by molar-refractivity contribution is -0.113. The normalized spacial score (nSPS) is 10.7. The van der Waals surface area contributed by atoms with Gasteiger partial charge in [0.1, 0.15) is 5.76 Å². The number of aromatic nitrogens is 2. The summed E-state index contributed by atoms with van der Waals surface area (Å²) in [5.74, 6) is 0.497. The summed E-state index contributed by atoms with van der Waals surface area (Å²) in [6.07, 6.45) is 5.04. The molecular formula is C24H21ClN4O3S. The first-order valence-electron chi connectivity index (χ1n) is 10.1. The molecule has 0 atom stereocenters. The van der Waals surface area contributed by atoms with Gasteiger partial charge < -0.3 is 15.1 Å². The molecule has 4 rings (SSSR count). The summed E-state index contributed by atoms with van der Waals surface area (Å²) in [7, 11) is 0. The van der Waals surface area contributed by atoms with E-state index in [0.29, 0.717) is 33.7 Å². The molecule has 33 heavy (non-hydrogen) atoms. The average Bonchev–Trinajstić information content (AvgIpc) is 3.50. The summed E-state index contributed by atoms with van der Waals surface area (Å²) >= 11 is 7.50. The molecule has 0 aliphatic carbocycles. The van der Waals surface area contributed by atoms with Crippen LogP contribution in [0, 0.1) is 6.92 Å². The third-order valence-corrected chi connectivity index (χ3v) is 6.03. The van der Waals surface area contributed by atoms with E-state index in [1.54, 1.807) is 48.9 Å². The highest BCUT2D eigenvalue weighted by Crippen LogP contribution is 2.24. The Morgan fingerprint density at radius 1 is 1.15 bits per heavy atom. The molecule has 7 nitrogen and oxygen atoms in total. The number of thioether (sulfide) groups is 1. The second kappa shape index (κ2) is 10.4. The van der Waals surface area contributed by atoms with Gasteiger partial charge >= 0.3 is 0 Å². The zero-order valence-corrected chi connectivity index (χ0v) is 19.3. The van der Waals surface area contributed by atoms with Crippen LogP contribution in [0.2, 0.25) is 5.02 Å². The molecule has 0 aliphatic rings. The van der Waals surface area contributed by atoms with Crippen molar-refractivity contribution < 1.29 is 14.0 Å². The van der Waals surface area contributed by atoms with Crippen LogP contribution >= 0.6 is 23.4 Å². The van der Waals surface area contributed by atoms with Crippen molar-refractivity contribution in [2.24, 2.45) is 0 Å². The lowest BCUT2D eigenvalue weighted by Crippen LogP contribution is -2.22. The minimum absolute atomic E-state index is 0.175. The Labute approximate surface area is 200 Å². The third kappa shape index (κ3) is 5.85. The highest BCUT2D eigenvalue weighted by Gasteiger charge is 2.12. The SMILES string of the molecule is Cc1ccc(NC(=O)CSc2nccn2-c2ccc(C(=O)NCc3ccco3)cc2)c(Cl)c1. The van der Waals surface area contributed by atoms with Crippen molar-refractivity contribution in [2.75, 3.05) is 11.1 Å². The van der Waals surface area contributed by atoms with Crippen molar-refractivity contribution in [1.29, 1.82) is 0 Å². The number of benzene rings is 2. The molecule has 0 spiro atoms. The molecule has 2 amide bonds. The molecule has 2 aromatic carbocycles. The van der Waals surface area contributed by atoms with Gasteiger partial charge in [-0.05, 0) is 61.0 Å². The number of anilines is 1. The summed E-state index contributed by atoms with van der Waals surface area (Å²) in [6.45, 7) is 2.26. The van der Waals surface area contributed by atoms with Gasteiger partial charge in [-0.15, -0.1) is 0 Å². The summed E-state index contributed by atoms with van der Waals surface area (Å²) in [6, 6.07) is 16.2. The Hall–Kier alpha value is -3.49. The van der Waals surface area contributed by atoms with Gasteiger partial charge in [0.15, 0.2) is 5.16 Å². The average molecular weight is 481 g/mol. The van der Waals surface area contributed by atoms with E-state index in [0.717, 1.165) is 11.3 Å². The Bertz CT molecular complexity index is 1250. The maximum Gasteiger partial charge on any atom is 0.251 e. The number of aryl methyl sites for hydroxylation is 1. The zero-order chi connectivity index (χ0) is 23.2. The standard InChI is InChI=1S/C24H21ClN4O3S/c1-16-4-9-21(20(25)13-16)28-22(30)15-33-24-26-10-11-29(24)18-7-5-17(6-8-18)23(31)27-14-19-3-2-12-32-19/h2-13H,14-15H2,1H3,(H,27,31)(H,28,30). The molecule has 2 aromatic heterocycles. The summed E-state index contributed by atoms with van der Waals surface area (Å²) in [5.41, 5.74) is 2.97. The number of nitrogens with zero attached hydrogens (tertiary/aromatic N) is 2. The first-order valence-corrected chi connectivity index (χ1v) is 11.5. The van der Waals surface area contributed by atoms with Crippen molar-refractivity contribution in [1.82, 2.24) is 14.9 Å². The molecular weight excluding hydrogens is 460 g/mol. The van der Waals surface area contributed by atoms with Gasteiger partial charge in [-0.1, -0.05) is 29.4 Å². The fourth-order valence-corrected chi connectivity index (χ4v) is 4.14. The summed E-state index contributed by atoms with van der Waals surface area (Å²) in [4.78, 5) is 29.1. The fraction of sp³-hybridized carbons (Fsp3) is 0.125. The maximum absolute atomic E-state index is 12.4. The van der Waals surface area contributed by atoms with E-state index in [9.17, 15) is 9.59 Å². The lowest BCUT2D eigenvalue weighted by atomic mass is 10.2. The lowest BCUT2D eigenvalue weighted by Gasteiger charge is -2.10. The van der Waals surface area contributed by atoms with Crippen LogP contribution in [0.4, 0.5) is 5.69 Å². The van der Waals surface area contributed by atoms with Crippen LogP contribution in [0.3, 0.4) is 0 Å². The van der Waals surface area contributed by atoms with Gasteiger partial charge in [-0.25, -0.2) is 4.98 Å². The van der Waals surface area contributed by atoms with E-state index < -0.39 is 0 Å². The van der Waals surface area contributed by atoms with Crippen LogP contribution in [-0.4, -0.2) is 27.1 Å². The van der Waals surface area contributed by atoms with Crippen LogP contribution in [0.1, 0.15) is 21.7 Å². The molecule has 0 aliphatic heterocycles. The fourth-order valence-electron chi connectivity index (χ4n) is 3.09. The third-order valence-electron chi connectivity index (χ3n) is 4.75. The Morgan fingerprint density at radius 2 is 1.97 bits per heavy atom. The summed E-state index contributed by atoms with van der Waals surface area (Å²) < 4.78 is 7.08. The largest absolute Gasteiger partial charge is 0.467 e. The van der Waals surface area contributed by atoms with E-state index >= 15 is 0 Å². The van der Waals surface area contributed by atoms with Crippen molar-refractivity contribution in [3.05, 3.63) is 95.2 Å². The zero-order valence-electron chi connectivity index (χ0n) is 17.7. The molecule has 4 aromatic rings. The van der Waals surface area contributed by atoms with Gasteiger partial charge in [-0.3, -0.25) is 14.2 Å². The number of nitrogens with one attached hydrogen (secondary N) is 2. The van der Waals surface area contributed by atoms with Gasteiger partial charge in [0.05, 0.1) is 29.3 Å². The molecule has 0 unspecified atom stereocenters. The Morgan fingerprint density at radius 3 is 2.70 bits per heavy atom. The van der Waals surface area contributed by atoms with Crippen LogP contribution in [0.15, 0.2) is 82.8 Å². The molecule has 0 radical (unpaired) electrons. The van der Waals surface area contributed by atoms with Crippen LogP contribution in [0.5, 0.6) is 0 Å². The molecule has 9 heteroatoms.